The minimum Gasteiger partial charge on any atom is -0.349 e. The van der Waals surface area contributed by atoms with Crippen molar-refractivity contribution in [2.75, 3.05) is 13.1 Å². The van der Waals surface area contributed by atoms with Crippen LogP contribution in [0.3, 0.4) is 0 Å². The molecule has 1 nitrogen and oxygen atoms in total. The molecule has 8 heavy (non-hydrogen) atoms. The number of nitrogens with zero attached hydrogens (tertiary/aromatic N) is 1. The standard InChI is InChI=1S/C6H14BN/c7-8-5-3-1-2-4-6-8/h1-7H2. The molecule has 0 aromatic heterocycles. The normalized spacial score (nSPS) is 25.0. The third kappa shape index (κ3) is 1.87. The molecule has 0 aromatic carbocycles. The van der Waals surface area contributed by atoms with Crippen molar-refractivity contribution in [3.8, 4) is 0 Å². The molecule has 0 aliphatic carbocycles. The summed E-state index contributed by atoms with van der Waals surface area (Å²) in [4.78, 5) is 2.42. The maximum absolute atomic E-state index is 2.42. The van der Waals surface area contributed by atoms with Gasteiger partial charge < -0.3 is 4.81 Å². The molecule has 0 N–H and O–H groups in total. The van der Waals surface area contributed by atoms with Gasteiger partial charge in [-0.3, -0.25) is 0 Å². The van der Waals surface area contributed by atoms with Crippen LogP contribution >= 0.6 is 0 Å². The van der Waals surface area contributed by atoms with Crippen molar-refractivity contribution in [3.63, 3.8) is 0 Å². The van der Waals surface area contributed by atoms with Gasteiger partial charge in [0.25, 0.3) is 0 Å². The SMILES string of the molecule is BN1CCCCCC1. The lowest BCUT2D eigenvalue weighted by atomic mass is 10.2. The third-order valence-electron chi connectivity index (χ3n) is 1.83. The molecule has 1 heterocycles. The second-order valence-electron chi connectivity index (χ2n) is 2.72. The van der Waals surface area contributed by atoms with Crippen molar-refractivity contribution < 1.29 is 0 Å². The highest BCUT2D eigenvalue weighted by Gasteiger charge is 2.01. The van der Waals surface area contributed by atoms with Crippen molar-refractivity contribution >= 4 is 7.98 Å². The van der Waals surface area contributed by atoms with Gasteiger partial charge in [0.1, 0.15) is 0 Å². The molecule has 0 radical (unpaired) electrons. The maximum Gasteiger partial charge on any atom is 0.185 e. The summed E-state index contributed by atoms with van der Waals surface area (Å²) in [6, 6.07) is 0. The highest BCUT2D eigenvalue weighted by Crippen LogP contribution is 2.06. The van der Waals surface area contributed by atoms with Gasteiger partial charge in [0.2, 0.25) is 0 Å². The molecule has 0 spiro atoms. The number of hydrogen-bond acceptors (Lipinski definition) is 1. The van der Waals surface area contributed by atoms with E-state index in [4.69, 9.17) is 0 Å². The fourth-order valence-corrected chi connectivity index (χ4v) is 1.23. The molecule has 1 rings (SSSR count). The Hall–Kier alpha value is 0.0249. The van der Waals surface area contributed by atoms with Crippen LogP contribution in [-0.4, -0.2) is 25.9 Å². The Bertz CT molecular complexity index is 57.5. The van der Waals surface area contributed by atoms with Crippen LogP contribution in [0.1, 0.15) is 25.7 Å². The predicted molar refractivity (Wildman–Crippen MR) is 38.6 cm³/mol. The van der Waals surface area contributed by atoms with E-state index in [0.717, 1.165) is 0 Å². The van der Waals surface area contributed by atoms with E-state index >= 15 is 0 Å². The molecule has 1 fully saturated rings. The summed E-state index contributed by atoms with van der Waals surface area (Å²) in [5.74, 6) is 0. The van der Waals surface area contributed by atoms with E-state index in [9.17, 15) is 0 Å². The fraction of sp³-hybridized carbons (Fsp3) is 1.00. The lowest BCUT2D eigenvalue weighted by molar-refractivity contribution is 0.471. The fourth-order valence-electron chi connectivity index (χ4n) is 1.23. The molecule has 0 amide bonds. The van der Waals surface area contributed by atoms with Gasteiger partial charge in [0, 0.05) is 0 Å². The second-order valence-corrected chi connectivity index (χ2v) is 2.72. The molecular weight excluding hydrogens is 96.9 g/mol. The van der Waals surface area contributed by atoms with Crippen molar-refractivity contribution in [1.82, 2.24) is 4.81 Å². The predicted octanol–water partition coefficient (Wildman–Crippen LogP) is 0.410. The van der Waals surface area contributed by atoms with Crippen LogP contribution in [-0.2, 0) is 0 Å². The smallest absolute Gasteiger partial charge is 0.185 e. The van der Waals surface area contributed by atoms with Crippen molar-refractivity contribution in [1.29, 1.82) is 0 Å². The molecule has 1 aliphatic heterocycles. The van der Waals surface area contributed by atoms with E-state index in [1.54, 1.807) is 0 Å². The first kappa shape index (κ1) is 6.15. The molecule has 1 aliphatic rings. The molecule has 0 unspecified atom stereocenters. The molecule has 46 valence electrons. The van der Waals surface area contributed by atoms with Crippen LogP contribution in [0, 0.1) is 0 Å². The largest absolute Gasteiger partial charge is 0.349 e. The van der Waals surface area contributed by atoms with Gasteiger partial charge in [-0.1, -0.05) is 12.8 Å². The molecule has 2 heteroatoms. The van der Waals surface area contributed by atoms with Crippen LogP contribution in [0.4, 0.5) is 0 Å². The first-order valence-electron chi connectivity index (χ1n) is 3.58. The lowest BCUT2D eigenvalue weighted by Crippen LogP contribution is -2.20. The van der Waals surface area contributed by atoms with Crippen LogP contribution in [0.15, 0.2) is 0 Å². The van der Waals surface area contributed by atoms with E-state index in [2.05, 4.69) is 12.8 Å². The summed E-state index contributed by atoms with van der Waals surface area (Å²) in [5.41, 5.74) is 0. The Labute approximate surface area is 52.5 Å². The first-order valence-corrected chi connectivity index (χ1v) is 3.58. The van der Waals surface area contributed by atoms with E-state index in [1.165, 1.54) is 38.8 Å². The first-order chi connectivity index (χ1) is 3.89. The van der Waals surface area contributed by atoms with E-state index in [-0.39, 0.29) is 0 Å². The second kappa shape index (κ2) is 3.13. The average molecular weight is 111 g/mol. The van der Waals surface area contributed by atoms with Gasteiger partial charge >= 0.3 is 0 Å². The molecule has 1 saturated heterocycles. The molecular formula is C6H14BN. The highest BCUT2D eigenvalue weighted by atomic mass is 15.0. The minimum absolute atomic E-state index is 1.32. The van der Waals surface area contributed by atoms with E-state index < -0.39 is 0 Å². The summed E-state index contributed by atoms with van der Waals surface area (Å²) in [7, 11) is 2.21. The van der Waals surface area contributed by atoms with Gasteiger partial charge in [-0.15, -0.1) is 0 Å². The topological polar surface area (TPSA) is 3.24 Å². The van der Waals surface area contributed by atoms with Crippen LogP contribution in [0.2, 0.25) is 0 Å². The molecule has 0 atom stereocenters. The summed E-state index contributed by atoms with van der Waals surface area (Å²) in [6.45, 7) is 2.64. The van der Waals surface area contributed by atoms with Crippen LogP contribution in [0.5, 0.6) is 0 Å². The highest BCUT2D eigenvalue weighted by molar-refractivity contribution is 6.04. The van der Waals surface area contributed by atoms with Gasteiger partial charge in [-0.2, -0.15) is 0 Å². The Morgan fingerprint density at radius 3 is 1.88 bits per heavy atom. The Balaban J connectivity index is 2.17. The summed E-state index contributed by atoms with van der Waals surface area (Å²) in [5, 5.41) is 0. The van der Waals surface area contributed by atoms with Gasteiger partial charge in [-0.05, 0) is 25.9 Å². The molecule has 0 bridgehead atoms. The summed E-state index contributed by atoms with van der Waals surface area (Å²) >= 11 is 0. The quantitative estimate of drug-likeness (QED) is 0.409. The van der Waals surface area contributed by atoms with E-state index in [0.29, 0.717) is 0 Å². The lowest BCUT2D eigenvalue weighted by Gasteiger charge is -2.10. The zero-order valence-electron chi connectivity index (χ0n) is 5.69. The molecule has 0 aromatic rings. The van der Waals surface area contributed by atoms with Crippen molar-refractivity contribution in [3.05, 3.63) is 0 Å². The van der Waals surface area contributed by atoms with Crippen LogP contribution < -0.4 is 0 Å². The maximum atomic E-state index is 2.42. The average Bonchev–Trinajstić information content (AvgIpc) is 1.94. The Morgan fingerprint density at radius 2 is 1.38 bits per heavy atom. The van der Waals surface area contributed by atoms with Gasteiger partial charge in [0.05, 0.1) is 0 Å². The van der Waals surface area contributed by atoms with E-state index in [1.807, 2.05) is 0 Å². The minimum atomic E-state index is 1.32. The summed E-state index contributed by atoms with van der Waals surface area (Å²) < 4.78 is 0. The summed E-state index contributed by atoms with van der Waals surface area (Å²) in [6.07, 6.45) is 5.72. The van der Waals surface area contributed by atoms with Crippen molar-refractivity contribution in [2.24, 2.45) is 0 Å². The monoisotopic (exact) mass is 111 g/mol. The van der Waals surface area contributed by atoms with Crippen LogP contribution in [0.25, 0.3) is 0 Å². The molecule has 0 saturated carbocycles. The third-order valence-corrected chi connectivity index (χ3v) is 1.83. The number of rotatable bonds is 0. The zero-order chi connectivity index (χ0) is 5.82. The Kier molecular flexibility index (Phi) is 2.41. The zero-order valence-corrected chi connectivity index (χ0v) is 5.69. The van der Waals surface area contributed by atoms with Gasteiger partial charge in [0.15, 0.2) is 7.98 Å². The number of hydrogen-bond donors (Lipinski definition) is 0. The Morgan fingerprint density at radius 1 is 0.875 bits per heavy atom. The van der Waals surface area contributed by atoms with Crippen molar-refractivity contribution in [2.45, 2.75) is 25.7 Å². The van der Waals surface area contributed by atoms with Gasteiger partial charge in [-0.25, -0.2) is 0 Å².